The number of carbonyl (C=O) groups excluding carboxylic acids is 2. The number of amides is 2. The van der Waals surface area contributed by atoms with Crippen LogP contribution in [0.15, 0.2) is 23.3 Å². The van der Waals surface area contributed by atoms with E-state index in [1.54, 1.807) is 11.9 Å². The molecule has 4 nitrogen and oxygen atoms in total. The number of allylic oxidation sites excluding steroid dienone is 2. The van der Waals surface area contributed by atoms with Crippen LogP contribution in [0.5, 0.6) is 0 Å². The molecule has 0 unspecified atom stereocenters. The molecule has 0 saturated heterocycles. The van der Waals surface area contributed by atoms with E-state index < -0.39 is 0 Å². The summed E-state index contributed by atoms with van der Waals surface area (Å²) in [7, 11) is 1.79. The fourth-order valence-corrected chi connectivity index (χ4v) is 2.54. The van der Waals surface area contributed by atoms with Crippen LogP contribution in [0.1, 0.15) is 38.5 Å². The second-order valence-electron chi connectivity index (χ2n) is 5.23. The molecular formula is C15H22N2O2. The SMILES string of the molecule is CN(CCNC(=O)C1=CCCC1)C(=O)C1=CCCC1. The molecule has 0 atom stereocenters. The molecule has 0 saturated carbocycles. The third-order valence-corrected chi connectivity index (χ3v) is 3.73. The number of nitrogens with one attached hydrogen (secondary N) is 1. The van der Waals surface area contributed by atoms with Gasteiger partial charge in [-0.25, -0.2) is 0 Å². The number of hydrogen-bond acceptors (Lipinski definition) is 2. The summed E-state index contributed by atoms with van der Waals surface area (Å²) < 4.78 is 0. The van der Waals surface area contributed by atoms with Gasteiger partial charge in [-0.1, -0.05) is 12.2 Å². The van der Waals surface area contributed by atoms with E-state index >= 15 is 0 Å². The first-order valence-electron chi connectivity index (χ1n) is 7.10. The maximum absolute atomic E-state index is 12.0. The summed E-state index contributed by atoms with van der Waals surface area (Å²) in [5.74, 6) is 0.130. The highest BCUT2D eigenvalue weighted by atomic mass is 16.2. The van der Waals surface area contributed by atoms with Gasteiger partial charge in [0.1, 0.15) is 0 Å². The number of nitrogens with zero attached hydrogens (tertiary/aromatic N) is 1. The second kappa shape index (κ2) is 6.55. The number of likely N-dealkylation sites (N-methyl/N-ethyl adjacent to an activating group) is 1. The Bertz CT molecular complexity index is 424. The van der Waals surface area contributed by atoms with Crippen LogP contribution in [-0.2, 0) is 9.59 Å². The summed E-state index contributed by atoms with van der Waals surface area (Å²) in [5, 5.41) is 2.88. The Kier molecular flexibility index (Phi) is 4.77. The topological polar surface area (TPSA) is 49.4 Å². The standard InChI is InChI=1S/C15H22N2O2/c1-17(15(19)13-8-4-5-9-13)11-10-16-14(18)12-6-2-3-7-12/h6,8H,2-5,7,9-11H2,1H3,(H,16,18). The zero-order valence-electron chi connectivity index (χ0n) is 11.6. The van der Waals surface area contributed by atoms with Crippen LogP contribution in [0, 0.1) is 0 Å². The van der Waals surface area contributed by atoms with Gasteiger partial charge in [0, 0.05) is 31.3 Å². The van der Waals surface area contributed by atoms with Crippen LogP contribution in [0.3, 0.4) is 0 Å². The maximum Gasteiger partial charge on any atom is 0.249 e. The Morgan fingerprint density at radius 2 is 1.79 bits per heavy atom. The average Bonchev–Trinajstić information content (AvgIpc) is 3.10. The molecule has 0 fully saturated rings. The van der Waals surface area contributed by atoms with E-state index in [9.17, 15) is 9.59 Å². The molecule has 2 rings (SSSR count). The second-order valence-corrected chi connectivity index (χ2v) is 5.23. The van der Waals surface area contributed by atoms with Crippen LogP contribution in [0.4, 0.5) is 0 Å². The molecule has 2 aliphatic carbocycles. The molecule has 0 aromatic carbocycles. The van der Waals surface area contributed by atoms with Gasteiger partial charge in [0.2, 0.25) is 11.8 Å². The Labute approximate surface area is 114 Å². The van der Waals surface area contributed by atoms with Gasteiger partial charge in [0.05, 0.1) is 0 Å². The van der Waals surface area contributed by atoms with Crippen molar-refractivity contribution >= 4 is 11.8 Å². The first-order valence-corrected chi connectivity index (χ1v) is 7.10. The molecule has 1 N–H and O–H groups in total. The molecule has 2 amide bonds. The predicted octanol–water partition coefficient (Wildman–Crippen LogP) is 1.78. The summed E-state index contributed by atoms with van der Waals surface area (Å²) >= 11 is 0. The number of rotatable bonds is 5. The molecule has 4 heteroatoms. The van der Waals surface area contributed by atoms with Gasteiger partial charge in [0.25, 0.3) is 0 Å². The van der Waals surface area contributed by atoms with E-state index in [4.69, 9.17) is 0 Å². The summed E-state index contributed by atoms with van der Waals surface area (Å²) in [4.78, 5) is 25.5. The van der Waals surface area contributed by atoms with Gasteiger partial charge in [-0.3, -0.25) is 9.59 Å². The van der Waals surface area contributed by atoms with E-state index in [0.29, 0.717) is 13.1 Å². The third kappa shape index (κ3) is 3.69. The van der Waals surface area contributed by atoms with Crippen molar-refractivity contribution in [2.24, 2.45) is 0 Å². The highest BCUT2D eigenvalue weighted by Crippen LogP contribution is 2.19. The molecule has 0 heterocycles. The van der Waals surface area contributed by atoms with Gasteiger partial charge in [-0.05, 0) is 38.5 Å². The van der Waals surface area contributed by atoms with Gasteiger partial charge >= 0.3 is 0 Å². The minimum Gasteiger partial charge on any atom is -0.351 e. The average molecular weight is 262 g/mol. The smallest absolute Gasteiger partial charge is 0.249 e. The lowest BCUT2D eigenvalue weighted by atomic mass is 10.2. The van der Waals surface area contributed by atoms with Gasteiger partial charge in [-0.15, -0.1) is 0 Å². The van der Waals surface area contributed by atoms with Crippen LogP contribution in [0.25, 0.3) is 0 Å². The number of hydrogen-bond donors (Lipinski definition) is 1. The lowest BCUT2D eigenvalue weighted by Gasteiger charge is -2.18. The normalized spacial score (nSPS) is 17.9. The highest BCUT2D eigenvalue weighted by Gasteiger charge is 2.17. The zero-order chi connectivity index (χ0) is 13.7. The number of carbonyl (C=O) groups is 2. The van der Waals surface area contributed by atoms with Crippen molar-refractivity contribution < 1.29 is 9.59 Å². The van der Waals surface area contributed by atoms with E-state index in [2.05, 4.69) is 5.32 Å². The van der Waals surface area contributed by atoms with Crippen molar-refractivity contribution in [3.8, 4) is 0 Å². The minimum atomic E-state index is 0.0263. The first-order chi connectivity index (χ1) is 9.18. The Hall–Kier alpha value is -1.58. The quantitative estimate of drug-likeness (QED) is 0.821. The fraction of sp³-hybridized carbons (Fsp3) is 0.600. The first kappa shape index (κ1) is 13.8. The van der Waals surface area contributed by atoms with Crippen LogP contribution < -0.4 is 5.32 Å². The van der Waals surface area contributed by atoms with E-state index in [1.165, 1.54) is 0 Å². The Morgan fingerprint density at radius 3 is 2.37 bits per heavy atom. The van der Waals surface area contributed by atoms with Crippen LogP contribution in [0.2, 0.25) is 0 Å². The fourth-order valence-electron chi connectivity index (χ4n) is 2.54. The van der Waals surface area contributed by atoms with Crippen molar-refractivity contribution in [1.82, 2.24) is 10.2 Å². The summed E-state index contributed by atoms with van der Waals surface area (Å²) in [5.41, 5.74) is 1.82. The lowest BCUT2D eigenvalue weighted by Crippen LogP contribution is -2.36. The van der Waals surface area contributed by atoms with Crippen LogP contribution in [-0.4, -0.2) is 36.9 Å². The van der Waals surface area contributed by atoms with Crippen molar-refractivity contribution in [2.45, 2.75) is 38.5 Å². The van der Waals surface area contributed by atoms with Gasteiger partial charge < -0.3 is 10.2 Å². The highest BCUT2D eigenvalue weighted by molar-refractivity contribution is 5.94. The Morgan fingerprint density at radius 1 is 1.16 bits per heavy atom. The summed E-state index contributed by atoms with van der Waals surface area (Å²) in [6, 6.07) is 0. The van der Waals surface area contributed by atoms with Crippen LogP contribution >= 0.6 is 0 Å². The van der Waals surface area contributed by atoms with Crippen molar-refractivity contribution in [1.29, 1.82) is 0 Å². The minimum absolute atomic E-state index is 0.0263. The molecular weight excluding hydrogens is 240 g/mol. The van der Waals surface area contributed by atoms with Gasteiger partial charge in [0.15, 0.2) is 0 Å². The Balaban J connectivity index is 1.70. The molecule has 0 aliphatic heterocycles. The maximum atomic E-state index is 12.0. The third-order valence-electron chi connectivity index (χ3n) is 3.73. The molecule has 2 aliphatic rings. The molecule has 0 bridgehead atoms. The van der Waals surface area contributed by atoms with Gasteiger partial charge in [-0.2, -0.15) is 0 Å². The molecule has 0 radical (unpaired) electrons. The molecule has 104 valence electrons. The lowest BCUT2D eigenvalue weighted by molar-refractivity contribution is -0.126. The van der Waals surface area contributed by atoms with Crippen molar-refractivity contribution in [3.63, 3.8) is 0 Å². The van der Waals surface area contributed by atoms with Crippen molar-refractivity contribution in [3.05, 3.63) is 23.3 Å². The predicted molar refractivity (Wildman–Crippen MR) is 74.5 cm³/mol. The molecule has 19 heavy (non-hydrogen) atoms. The summed E-state index contributed by atoms with van der Waals surface area (Å²) in [6.07, 6.45) is 9.99. The van der Waals surface area contributed by atoms with E-state index in [1.807, 2.05) is 12.2 Å². The van der Waals surface area contributed by atoms with E-state index in [-0.39, 0.29) is 11.8 Å². The molecule has 0 aromatic rings. The van der Waals surface area contributed by atoms with E-state index in [0.717, 1.165) is 49.7 Å². The largest absolute Gasteiger partial charge is 0.351 e. The van der Waals surface area contributed by atoms with Crippen molar-refractivity contribution in [2.75, 3.05) is 20.1 Å². The molecule has 0 spiro atoms. The monoisotopic (exact) mass is 262 g/mol. The molecule has 0 aromatic heterocycles. The zero-order valence-corrected chi connectivity index (χ0v) is 11.6. The summed E-state index contributed by atoms with van der Waals surface area (Å²) in [6.45, 7) is 1.08.